The molecule has 1 fully saturated rings. The van der Waals surface area contributed by atoms with Gasteiger partial charge in [0.05, 0.1) is 6.04 Å². The Labute approximate surface area is 221 Å². The molecule has 0 saturated carbocycles. The molecule has 3 aromatic rings. The second-order valence-corrected chi connectivity index (χ2v) is 9.03. The number of anilines is 2. The standard InChI is InChI=1S/C25H25ClF4N6O2/c1-31-23(32-19-12-17(26)11-18(27)13-19)33-22-14-21(25(28,29)30)34-36(22)20-7-9-35(10-8-20)24(37)38-15-16-5-3-2-4-6-16/h2-6,11-14,20H,7-10,15H2,1H3,(H2,31,32,33). The average molecular weight is 553 g/mol. The van der Waals surface area contributed by atoms with E-state index >= 15 is 0 Å². The fraction of sp³-hybridized carbons (Fsp3) is 0.320. The Morgan fingerprint density at radius 3 is 2.47 bits per heavy atom. The minimum Gasteiger partial charge on any atom is -0.445 e. The predicted molar refractivity (Wildman–Crippen MR) is 136 cm³/mol. The van der Waals surface area contributed by atoms with Crippen molar-refractivity contribution in [2.75, 3.05) is 30.8 Å². The lowest BCUT2D eigenvalue weighted by Gasteiger charge is -2.32. The highest BCUT2D eigenvalue weighted by Crippen LogP contribution is 2.34. The van der Waals surface area contributed by atoms with Gasteiger partial charge in [-0.2, -0.15) is 18.3 Å². The Morgan fingerprint density at radius 2 is 1.84 bits per heavy atom. The van der Waals surface area contributed by atoms with Crippen LogP contribution >= 0.6 is 11.6 Å². The lowest BCUT2D eigenvalue weighted by Crippen LogP contribution is -2.39. The van der Waals surface area contributed by atoms with Crippen LogP contribution in [0.2, 0.25) is 5.02 Å². The number of hydrogen-bond donors (Lipinski definition) is 2. The summed E-state index contributed by atoms with van der Waals surface area (Å²) in [6, 6.07) is 13.4. The summed E-state index contributed by atoms with van der Waals surface area (Å²) in [5.74, 6) is -0.490. The highest BCUT2D eigenvalue weighted by Gasteiger charge is 2.37. The van der Waals surface area contributed by atoms with Crippen molar-refractivity contribution in [1.82, 2.24) is 14.7 Å². The van der Waals surface area contributed by atoms with Gasteiger partial charge in [-0.3, -0.25) is 4.99 Å². The number of piperidine rings is 1. The van der Waals surface area contributed by atoms with E-state index in [4.69, 9.17) is 16.3 Å². The highest BCUT2D eigenvalue weighted by atomic mass is 35.5. The number of aliphatic imine (C=N–C) groups is 1. The molecular formula is C25H25ClF4N6O2. The van der Waals surface area contributed by atoms with Crippen LogP contribution in [0.4, 0.5) is 33.9 Å². The molecule has 38 heavy (non-hydrogen) atoms. The molecule has 0 bridgehead atoms. The van der Waals surface area contributed by atoms with Crippen molar-refractivity contribution < 1.29 is 27.1 Å². The van der Waals surface area contributed by atoms with Crippen LogP contribution in [-0.2, 0) is 17.5 Å². The van der Waals surface area contributed by atoms with Gasteiger partial charge in [-0.15, -0.1) is 0 Å². The number of rotatable bonds is 5. The first kappa shape index (κ1) is 27.2. The quantitative estimate of drug-likeness (QED) is 0.224. The molecule has 0 unspecified atom stereocenters. The van der Waals surface area contributed by atoms with Crippen molar-refractivity contribution in [3.05, 3.63) is 76.7 Å². The van der Waals surface area contributed by atoms with E-state index in [1.165, 1.54) is 28.8 Å². The molecule has 0 atom stereocenters. The third-order valence-electron chi connectivity index (χ3n) is 5.90. The van der Waals surface area contributed by atoms with Crippen LogP contribution < -0.4 is 10.6 Å². The van der Waals surface area contributed by atoms with Gasteiger partial charge in [-0.25, -0.2) is 13.9 Å². The summed E-state index contributed by atoms with van der Waals surface area (Å²) in [5, 5.41) is 9.57. The van der Waals surface area contributed by atoms with Crippen molar-refractivity contribution in [1.29, 1.82) is 0 Å². The van der Waals surface area contributed by atoms with E-state index in [1.54, 1.807) is 0 Å². The van der Waals surface area contributed by atoms with E-state index in [2.05, 4.69) is 20.7 Å². The Hall–Kier alpha value is -3.80. The Morgan fingerprint density at radius 1 is 1.13 bits per heavy atom. The molecule has 13 heteroatoms. The molecule has 8 nitrogen and oxygen atoms in total. The second kappa shape index (κ2) is 11.7. The molecule has 1 amide bonds. The number of nitrogens with one attached hydrogen (secondary N) is 2. The number of halogens is 5. The maximum Gasteiger partial charge on any atom is 0.435 e. The van der Waals surface area contributed by atoms with Gasteiger partial charge >= 0.3 is 12.3 Å². The van der Waals surface area contributed by atoms with Crippen LogP contribution in [0.15, 0.2) is 59.6 Å². The van der Waals surface area contributed by atoms with Crippen molar-refractivity contribution in [3.63, 3.8) is 0 Å². The largest absolute Gasteiger partial charge is 0.445 e. The fourth-order valence-electron chi connectivity index (χ4n) is 4.04. The normalized spacial score (nSPS) is 14.9. The van der Waals surface area contributed by atoms with Gasteiger partial charge in [0.2, 0.25) is 5.96 Å². The van der Waals surface area contributed by atoms with Gasteiger partial charge in [0.25, 0.3) is 0 Å². The van der Waals surface area contributed by atoms with E-state index in [9.17, 15) is 22.4 Å². The van der Waals surface area contributed by atoms with E-state index < -0.39 is 29.8 Å². The van der Waals surface area contributed by atoms with Crippen LogP contribution in [0, 0.1) is 5.82 Å². The third-order valence-corrected chi connectivity index (χ3v) is 6.11. The monoisotopic (exact) mass is 552 g/mol. The van der Waals surface area contributed by atoms with E-state index in [0.717, 1.165) is 17.7 Å². The first-order valence-corrected chi connectivity index (χ1v) is 12.1. The van der Waals surface area contributed by atoms with Crippen molar-refractivity contribution >= 4 is 35.2 Å². The number of guanidine groups is 1. The summed E-state index contributed by atoms with van der Waals surface area (Å²) in [7, 11) is 1.42. The Kier molecular flexibility index (Phi) is 8.40. The molecule has 0 radical (unpaired) electrons. The summed E-state index contributed by atoms with van der Waals surface area (Å²) >= 11 is 5.89. The molecule has 0 aliphatic carbocycles. The number of ether oxygens (including phenoxy) is 1. The molecule has 0 spiro atoms. The SMILES string of the molecule is CN=C(Nc1cc(F)cc(Cl)c1)Nc1cc(C(F)(F)F)nn1C1CCN(C(=O)OCc2ccccc2)CC1. The van der Waals surface area contributed by atoms with Gasteiger partial charge in [0, 0.05) is 36.9 Å². The molecule has 1 aromatic heterocycles. The lowest BCUT2D eigenvalue weighted by atomic mass is 10.1. The highest BCUT2D eigenvalue weighted by molar-refractivity contribution is 6.31. The van der Waals surface area contributed by atoms with E-state index in [0.29, 0.717) is 12.8 Å². The summed E-state index contributed by atoms with van der Waals surface area (Å²) < 4.78 is 60.9. The Balaban J connectivity index is 1.44. The van der Waals surface area contributed by atoms with Gasteiger partial charge in [0.15, 0.2) is 5.69 Å². The average Bonchev–Trinajstić information content (AvgIpc) is 3.31. The third kappa shape index (κ3) is 6.94. The van der Waals surface area contributed by atoms with Crippen LogP contribution in [0.3, 0.4) is 0 Å². The zero-order valence-corrected chi connectivity index (χ0v) is 21.1. The second-order valence-electron chi connectivity index (χ2n) is 8.60. The first-order chi connectivity index (χ1) is 18.1. The number of benzene rings is 2. The van der Waals surface area contributed by atoms with Crippen LogP contribution in [-0.4, -0.2) is 46.9 Å². The minimum atomic E-state index is -4.67. The van der Waals surface area contributed by atoms with Crippen molar-refractivity contribution in [2.24, 2.45) is 4.99 Å². The van der Waals surface area contributed by atoms with Crippen LogP contribution in [0.1, 0.15) is 30.1 Å². The zero-order valence-electron chi connectivity index (χ0n) is 20.3. The number of likely N-dealkylation sites (tertiary alicyclic amines) is 1. The molecule has 2 aromatic carbocycles. The number of nitrogens with zero attached hydrogens (tertiary/aromatic N) is 4. The number of aromatic nitrogens is 2. The predicted octanol–water partition coefficient (Wildman–Crippen LogP) is 6.18. The molecule has 1 aliphatic rings. The van der Waals surface area contributed by atoms with Crippen LogP contribution in [0.5, 0.6) is 0 Å². The summed E-state index contributed by atoms with van der Waals surface area (Å²) in [4.78, 5) is 18.0. The smallest absolute Gasteiger partial charge is 0.435 e. The number of amides is 1. The molecule has 2 N–H and O–H groups in total. The lowest BCUT2D eigenvalue weighted by molar-refractivity contribution is -0.141. The molecule has 4 rings (SSSR count). The molecular weight excluding hydrogens is 528 g/mol. The minimum absolute atomic E-state index is 0.0398. The number of alkyl halides is 3. The van der Waals surface area contributed by atoms with Gasteiger partial charge < -0.3 is 20.3 Å². The maximum absolute atomic E-state index is 13.7. The zero-order chi connectivity index (χ0) is 27.3. The molecule has 2 heterocycles. The molecule has 1 saturated heterocycles. The van der Waals surface area contributed by atoms with Gasteiger partial charge in [0.1, 0.15) is 18.2 Å². The van der Waals surface area contributed by atoms with Crippen LogP contribution in [0.25, 0.3) is 0 Å². The maximum atomic E-state index is 13.7. The number of hydrogen-bond acceptors (Lipinski definition) is 4. The first-order valence-electron chi connectivity index (χ1n) is 11.7. The van der Waals surface area contributed by atoms with E-state index in [1.807, 2.05) is 30.3 Å². The molecule has 202 valence electrons. The number of carbonyl (C=O) groups excluding carboxylic acids is 1. The van der Waals surface area contributed by atoms with Gasteiger partial charge in [-0.05, 0) is 36.6 Å². The topological polar surface area (TPSA) is 83.8 Å². The summed E-state index contributed by atoms with van der Waals surface area (Å²) in [6.07, 6.45) is -4.43. The van der Waals surface area contributed by atoms with Crippen molar-refractivity contribution in [2.45, 2.75) is 31.7 Å². The summed E-state index contributed by atoms with van der Waals surface area (Å²) in [6.45, 7) is 0.700. The fourth-order valence-corrected chi connectivity index (χ4v) is 4.26. The van der Waals surface area contributed by atoms with Crippen molar-refractivity contribution in [3.8, 4) is 0 Å². The number of carbonyl (C=O) groups is 1. The Bertz CT molecular complexity index is 1270. The van der Waals surface area contributed by atoms with Gasteiger partial charge in [-0.1, -0.05) is 41.9 Å². The molecule has 1 aliphatic heterocycles. The summed E-state index contributed by atoms with van der Waals surface area (Å²) in [5.41, 5.74) is 0.0340. The van der Waals surface area contributed by atoms with E-state index in [-0.39, 0.29) is 42.2 Å².